The number of rotatable bonds is 8. The van der Waals surface area contributed by atoms with Crippen molar-refractivity contribution in [2.45, 2.75) is 56.9 Å². The third-order valence-corrected chi connectivity index (χ3v) is 4.71. The fourth-order valence-electron chi connectivity index (χ4n) is 1.96. The third kappa shape index (κ3) is 5.09. The number of hydrogen-bond acceptors (Lipinski definition) is 3. The van der Waals surface area contributed by atoms with E-state index in [2.05, 4.69) is 11.6 Å². The van der Waals surface area contributed by atoms with Crippen molar-refractivity contribution in [1.29, 1.82) is 0 Å². The van der Waals surface area contributed by atoms with Crippen LogP contribution in [0.1, 0.15) is 46.0 Å². The Balaban J connectivity index is 2.62. The molecule has 1 aromatic rings. The number of unbranched alkanes of at least 4 members (excludes halogenated alkanes) is 3. The van der Waals surface area contributed by atoms with Crippen LogP contribution in [0, 0.1) is 5.82 Å². The highest BCUT2D eigenvalue weighted by atomic mass is 32.2. The lowest BCUT2D eigenvalue weighted by Crippen LogP contribution is -2.32. The number of nitrogens with two attached hydrogens (primary N) is 1. The van der Waals surface area contributed by atoms with Crippen LogP contribution in [0.2, 0.25) is 0 Å². The molecule has 0 spiro atoms. The molecule has 1 atom stereocenters. The highest BCUT2D eigenvalue weighted by molar-refractivity contribution is 7.89. The number of anilines is 1. The van der Waals surface area contributed by atoms with Gasteiger partial charge in [-0.2, -0.15) is 0 Å². The van der Waals surface area contributed by atoms with Gasteiger partial charge >= 0.3 is 0 Å². The van der Waals surface area contributed by atoms with Crippen molar-refractivity contribution in [3.63, 3.8) is 0 Å². The van der Waals surface area contributed by atoms with Gasteiger partial charge in [0.05, 0.1) is 10.6 Å². The van der Waals surface area contributed by atoms with Crippen LogP contribution < -0.4 is 10.5 Å². The van der Waals surface area contributed by atoms with E-state index in [1.807, 2.05) is 6.92 Å². The number of nitrogen functional groups attached to an aromatic ring is 1. The van der Waals surface area contributed by atoms with Gasteiger partial charge in [0.15, 0.2) is 0 Å². The number of sulfonamides is 1. The van der Waals surface area contributed by atoms with E-state index in [4.69, 9.17) is 5.73 Å². The number of nitrogens with one attached hydrogen (secondary N) is 1. The van der Waals surface area contributed by atoms with Crippen molar-refractivity contribution in [1.82, 2.24) is 4.72 Å². The Kier molecular flexibility index (Phi) is 6.42. The molecule has 1 rings (SSSR count). The van der Waals surface area contributed by atoms with Gasteiger partial charge in [0, 0.05) is 6.04 Å². The third-order valence-electron chi connectivity index (χ3n) is 3.12. The molecule has 1 aromatic carbocycles. The van der Waals surface area contributed by atoms with Crippen LogP contribution in [0.25, 0.3) is 0 Å². The Morgan fingerprint density at radius 1 is 1.30 bits per heavy atom. The van der Waals surface area contributed by atoms with E-state index >= 15 is 0 Å². The predicted octanol–water partition coefficient (Wildman–Crippen LogP) is 3.05. The molecule has 0 bridgehead atoms. The molecule has 3 N–H and O–H groups in total. The minimum absolute atomic E-state index is 0.00296. The highest BCUT2D eigenvalue weighted by Crippen LogP contribution is 2.17. The van der Waals surface area contributed by atoms with Crippen LogP contribution in [0.5, 0.6) is 0 Å². The number of hydrogen-bond donors (Lipinski definition) is 2. The SMILES string of the molecule is CCCCCCC(C)NS(=O)(=O)c1ccc(F)c(N)c1. The molecule has 0 aliphatic heterocycles. The molecule has 0 saturated heterocycles. The smallest absolute Gasteiger partial charge is 0.240 e. The summed E-state index contributed by atoms with van der Waals surface area (Å²) in [4.78, 5) is -0.00296. The molecule has 0 heterocycles. The maximum Gasteiger partial charge on any atom is 0.240 e. The summed E-state index contributed by atoms with van der Waals surface area (Å²) in [5, 5.41) is 0. The summed E-state index contributed by atoms with van der Waals surface area (Å²) in [6.45, 7) is 3.96. The zero-order valence-electron chi connectivity index (χ0n) is 12.0. The zero-order chi connectivity index (χ0) is 15.2. The molecule has 0 saturated carbocycles. The van der Waals surface area contributed by atoms with Gasteiger partial charge in [-0.3, -0.25) is 0 Å². The maximum absolute atomic E-state index is 13.0. The molecule has 0 radical (unpaired) electrons. The molecule has 0 aliphatic carbocycles. The molecule has 114 valence electrons. The van der Waals surface area contributed by atoms with E-state index in [0.29, 0.717) is 0 Å². The van der Waals surface area contributed by atoms with E-state index in [1.54, 1.807) is 0 Å². The second-order valence-corrected chi connectivity index (χ2v) is 6.77. The van der Waals surface area contributed by atoms with Crippen molar-refractivity contribution in [3.8, 4) is 0 Å². The maximum atomic E-state index is 13.0. The van der Waals surface area contributed by atoms with Crippen LogP contribution in [0.3, 0.4) is 0 Å². The van der Waals surface area contributed by atoms with Crippen LogP contribution in [-0.4, -0.2) is 14.5 Å². The normalized spacial score (nSPS) is 13.3. The van der Waals surface area contributed by atoms with Crippen molar-refractivity contribution in [3.05, 3.63) is 24.0 Å². The Labute approximate surface area is 120 Å². The molecular formula is C14H23FN2O2S. The summed E-state index contributed by atoms with van der Waals surface area (Å²) in [5.74, 6) is -0.614. The first kappa shape index (κ1) is 16.9. The average Bonchev–Trinajstić information content (AvgIpc) is 2.37. The van der Waals surface area contributed by atoms with Crippen molar-refractivity contribution in [2.75, 3.05) is 5.73 Å². The molecule has 0 aromatic heterocycles. The van der Waals surface area contributed by atoms with Gasteiger partial charge in [0.1, 0.15) is 5.82 Å². The van der Waals surface area contributed by atoms with Crippen LogP contribution in [-0.2, 0) is 10.0 Å². The molecule has 6 heteroatoms. The molecule has 0 aliphatic rings. The Morgan fingerprint density at radius 2 is 2.00 bits per heavy atom. The summed E-state index contributed by atoms with van der Waals surface area (Å²) >= 11 is 0. The van der Waals surface area contributed by atoms with Gasteiger partial charge in [-0.05, 0) is 31.5 Å². The fourth-order valence-corrected chi connectivity index (χ4v) is 3.27. The second kappa shape index (κ2) is 7.59. The van der Waals surface area contributed by atoms with Gasteiger partial charge in [0.25, 0.3) is 0 Å². The van der Waals surface area contributed by atoms with E-state index in [-0.39, 0.29) is 16.6 Å². The molecular weight excluding hydrogens is 279 g/mol. The summed E-state index contributed by atoms with van der Waals surface area (Å²) in [7, 11) is -3.64. The molecule has 4 nitrogen and oxygen atoms in total. The monoisotopic (exact) mass is 302 g/mol. The highest BCUT2D eigenvalue weighted by Gasteiger charge is 2.18. The molecule has 0 fully saturated rings. The van der Waals surface area contributed by atoms with Gasteiger partial charge < -0.3 is 5.73 Å². The van der Waals surface area contributed by atoms with Gasteiger partial charge in [-0.15, -0.1) is 0 Å². The average molecular weight is 302 g/mol. The molecule has 1 unspecified atom stereocenters. The minimum atomic E-state index is -3.64. The quantitative estimate of drug-likeness (QED) is 0.572. The van der Waals surface area contributed by atoms with Gasteiger partial charge in [-0.1, -0.05) is 32.6 Å². The topological polar surface area (TPSA) is 72.2 Å². The number of halogens is 1. The predicted molar refractivity (Wildman–Crippen MR) is 79.4 cm³/mol. The lowest BCUT2D eigenvalue weighted by Gasteiger charge is -2.14. The standard InChI is InChI=1S/C14H23FN2O2S/c1-3-4-5-6-7-11(2)17-20(18,19)12-8-9-13(15)14(16)10-12/h8-11,17H,3-7,16H2,1-2H3. The number of benzene rings is 1. The van der Waals surface area contributed by atoms with Crippen LogP contribution in [0.15, 0.2) is 23.1 Å². The summed E-state index contributed by atoms with van der Waals surface area (Å²) in [6.07, 6.45) is 5.19. The first-order valence-electron chi connectivity index (χ1n) is 6.94. The lowest BCUT2D eigenvalue weighted by molar-refractivity contribution is 0.522. The van der Waals surface area contributed by atoms with Gasteiger partial charge in [0.2, 0.25) is 10.0 Å². The Hall–Kier alpha value is -1.14. The van der Waals surface area contributed by atoms with Crippen molar-refractivity contribution < 1.29 is 12.8 Å². The van der Waals surface area contributed by atoms with Crippen LogP contribution in [0.4, 0.5) is 10.1 Å². The summed E-state index contributed by atoms with van der Waals surface area (Å²) in [5.41, 5.74) is 5.23. The van der Waals surface area contributed by atoms with Crippen molar-refractivity contribution >= 4 is 15.7 Å². The zero-order valence-corrected chi connectivity index (χ0v) is 12.8. The Bertz CT molecular complexity index is 532. The summed E-state index contributed by atoms with van der Waals surface area (Å²) < 4.78 is 39.9. The van der Waals surface area contributed by atoms with E-state index in [0.717, 1.165) is 44.2 Å². The van der Waals surface area contributed by atoms with Gasteiger partial charge in [-0.25, -0.2) is 17.5 Å². The lowest BCUT2D eigenvalue weighted by atomic mass is 10.1. The van der Waals surface area contributed by atoms with Crippen molar-refractivity contribution in [2.24, 2.45) is 0 Å². The van der Waals surface area contributed by atoms with E-state index in [1.165, 1.54) is 6.07 Å². The largest absolute Gasteiger partial charge is 0.396 e. The molecule has 20 heavy (non-hydrogen) atoms. The first-order chi connectivity index (χ1) is 9.36. The van der Waals surface area contributed by atoms with E-state index < -0.39 is 15.8 Å². The first-order valence-corrected chi connectivity index (χ1v) is 8.42. The van der Waals surface area contributed by atoms with E-state index in [9.17, 15) is 12.8 Å². The van der Waals surface area contributed by atoms with Crippen LogP contribution >= 0.6 is 0 Å². The fraction of sp³-hybridized carbons (Fsp3) is 0.571. The summed E-state index contributed by atoms with van der Waals surface area (Å²) in [6, 6.07) is 3.28. The molecule has 0 amide bonds. The Morgan fingerprint density at radius 3 is 2.60 bits per heavy atom. The second-order valence-electron chi connectivity index (χ2n) is 5.05. The minimum Gasteiger partial charge on any atom is -0.396 e.